The van der Waals surface area contributed by atoms with Gasteiger partial charge in [-0.1, -0.05) is 34.5 Å². The minimum atomic E-state index is -0.161. The Balaban J connectivity index is 2.19. The average Bonchev–Trinajstić information content (AvgIpc) is 2.35. The quantitative estimate of drug-likeness (QED) is 0.802. The Morgan fingerprint density at radius 1 is 1.56 bits per heavy atom. The number of aromatic hydroxyl groups is 1. The van der Waals surface area contributed by atoms with Crippen molar-refractivity contribution < 1.29 is 9.90 Å². The van der Waals surface area contributed by atoms with Crippen LogP contribution in [0.3, 0.4) is 0 Å². The fraction of sp³-hybridized carbons (Fsp3) is 0.462. The Hall–Kier alpha value is -0.740. The van der Waals surface area contributed by atoms with Gasteiger partial charge >= 0.3 is 0 Å². The second kappa shape index (κ2) is 5.49. The van der Waals surface area contributed by atoms with Gasteiger partial charge in [-0.2, -0.15) is 0 Å². The van der Waals surface area contributed by atoms with Gasteiger partial charge < -0.3 is 10.0 Å². The van der Waals surface area contributed by atoms with Crippen LogP contribution < -0.4 is 0 Å². The lowest BCUT2D eigenvalue weighted by Gasteiger charge is -2.34. The predicted octanol–water partition coefficient (Wildman–Crippen LogP) is 3.29. The van der Waals surface area contributed by atoms with Crippen molar-refractivity contribution in [1.29, 1.82) is 0 Å². The van der Waals surface area contributed by atoms with Crippen molar-refractivity contribution in [2.45, 2.75) is 18.2 Å². The maximum absolute atomic E-state index is 12.3. The molecule has 1 saturated heterocycles. The van der Waals surface area contributed by atoms with Crippen molar-refractivity contribution in [1.82, 2.24) is 4.90 Å². The summed E-state index contributed by atoms with van der Waals surface area (Å²) in [4.78, 5) is 14.4. The highest BCUT2D eigenvalue weighted by Crippen LogP contribution is 2.27. The zero-order chi connectivity index (χ0) is 13.3. The molecule has 1 amide bonds. The molecule has 1 fully saturated rings. The Kier molecular flexibility index (Phi) is 4.17. The summed E-state index contributed by atoms with van der Waals surface area (Å²) < 4.78 is 0. The van der Waals surface area contributed by atoms with E-state index in [1.807, 2.05) is 0 Å². The van der Waals surface area contributed by atoms with E-state index in [0.717, 1.165) is 6.42 Å². The SMILES string of the molecule is CC1CCN(C(=O)c2cc(Cl)ccc2O)CC1Br. The summed E-state index contributed by atoms with van der Waals surface area (Å²) in [5.41, 5.74) is 0.275. The molecule has 98 valence electrons. The van der Waals surface area contributed by atoms with Crippen LogP contribution in [0.4, 0.5) is 0 Å². The first-order valence-electron chi connectivity index (χ1n) is 5.91. The van der Waals surface area contributed by atoms with Gasteiger partial charge in [0.05, 0.1) is 5.56 Å². The predicted molar refractivity (Wildman–Crippen MR) is 75.5 cm³/mol. The van der Waals surface area contributed by atoms with E-state index in [4.69, 9.17) is 11.6 Å². The molecule has 0 radical (unpaired) electrons. The van der Waals surface area contributed by atoms with Crippen LogP contribution in [0, 0.1) is 5.92 Å². The number of piperidine rings is 1. The standard InChI is InChI=1S/C13H15BrClNO2/c1-8-4-5-16(7-11(8)14)13(18)10-6-9(15)2-3-12(10)17/h2-3,6,8,11,17H,4-5,7H2,1H3. The average molecular weight is 333 g/mol. The highest BCUT2D eigenvalue weighted by molar-refractivity contribution is 9.09. The molecule has 1 N–H and O–H groups in total. The van der Waals surface area contributed by atoms with Crippen LogP contribution in [-0.4, -0.2) is 33.8 Å². The van der Waals surface area contributed by atoms with Crippen LogP contribution in [0.2, 0.25) is 5.02 Å². The van der Waals surface area contributed by atoms with E-state index in [0.29, 0.717) is 28.9 Å². The molecule has 0 aliphatic carbocycles. The van der Waals surface area contributed by atoms with E-state index in [2.05, 4.69) is 22.9 Å². The largest absolute Gasteiger partial charge is 0.507 e. The number of hydrogen-bond acceptors (Lipinski definition) is 2. The van der Waals surface area contributed by atoms with E-state index >= 15 is 0 Å². The maximum atomic E-state index is 12.3. The molecule has 18 heavy (non-hydrogen) atoms. The van der Waals surface area contributed by atoms with E-state index in [-0.39, 0.29) is 17.2 Å². The van der Waals surface area contributed by atoms with Crippen LogP contribution >= 0.6 is 27.5 Å². The van der Waals surface area contributed by atoms with Gasteiger partial charge in [0.2, 0.25) is 0 Å². The highest BCUT2D eigenvalue weighted by Gasteiger charge is 2.28. The number of amides is 1. The van der Waals surface area contributed by atoms with E-state index in [1.165, 1.54) is 12.1 Å². The van der Waals surface area contributed by atoms with Gasteiger partial charge in [0.25, 0.3) is 5.91 Å². The molecule has 1 aromatic carbocycles. The Morgan fingerprint density at radius 2 is 2.28 bits per heavy atom. The lowest BCUT2D eigenvalue weighted by Crippen LogP contribution is -2.43. The number of phenolic OH excluding ortho intramolecular Hbond substituents is 1. The van der Waals surface area contributed by atoms with Crippen LogP contribution in [-0.2, 0) is 0 Å². The van der Waals surface area contributed by atoms with Gasteiger partial charge in [-0.3, -0.25) is 4.79 Å². The summed E-state index contributed by atoms with van der Waals surface area (Å²) in [5.74, 6) is 0.377. The first-order chi connectivity index (χ1) is 8.49. The molecule has 1 aromatic rings. The molecule has 5 heteroatoms. The molecule has 3 nitrogen and oxygen atoms in total. The molecule has 1 heterocycles. The van der Waals surface area contributed by atoms with E-state index in [9.17, 15) is 9.90 Å². The number of rotatable bonds is 1. The summed E-state index contributed by atoms with van der Waals surface area (Å²) in [6, 6.07) is 4.54. The minimum absolute atomic E-state index is 0.0193. The van der Waals surface area contributed by atoms with Crippen molar-refractivity contribution in [3.05, 3.63) is 28.8 Å². The third-order valence-electron chi connectivity index (χ3n) is 3.34. The Labute approximate surface area is 120 Å². The third-order valence-corrected chi connectivity index (χ3v) is 4.77. The first-order valence-corrected chi connectivity index (χ1v) is 7.20. The second-order valence-corrected chi connectivity index (χ2v) is 6.31. The number of likely N-dealkylation sites (tertiary alicyclic amines) is 1. The molecule has 0 saturated carbocycles. The monoisotopic (exact) mass is 331 g/mol. The van der Waals surface area contributed by atoms with Gasteiger partial charge in [0, 0.05) is 22.9 Å². The molecule has 2 unspecified atom stereocenters. The van der Waals surface area contributed by atoms with Gasteiger partial charge in [0.15, 0.2) is 0 Å². The fourth-order valence-corrected chi connectivity index (χ4v) is 2.84. The molecule has 1 aliphatic rings. The number of hydrogen-bond donors (Lipinski definition) is 1. The number of benzene rings is 1. The Morgan fingerprint density at radius 3 is 2.94 bits per heavy atom. The summed E-state index contributed by atoms with van der Waals surface area (Å²) >= 11 is 9.45. The van der Waals surface area contributed by atoms with Gasteiger partial charge in [-0.15, -0.1) is 0 Å². The van der Waals surface area contributed by atoms with Crippen LogP contribution in [0.15, 0.2) is 18.2 Å². The van der Waals surface area contributed by atoms with E-state index < -0.39 is 0 Å². The third kappa shape index (κ3) is 2.81. The normalized spacial score (nSPS) is 24.1. The number of carbonyl (C=O) groups excluding carboxylic acids is 1. The second-order valence-electron chi connectivity index (χ2n) is 4.69. The van der Waals surface area contributed by atoms with E-state index in [1.54, 1.807) is 11.0 Å². The Bertz CT molecular complexity index is 466. The first kappa shape index (κ1) is 13.7. The zero-order valence-electron chi connectivity index (χ0n) is 10.1. The maximum Gasteiger partial charge on any atom is 0.257 e. The highest BCUT2D eigenvalue weighted by atomic mass is 79.9. The van der Waals surface area contributed by atoms with Crippen molar-refractivity contribution in [2.75, 3.05) is 13.1 Å². The van der Waals surface area contributed by atoms with Crippen molar-refractivity contribution in [2.24, 2.45) is 5.92 Å². The number of phenols is 1. The van der Waals surface area contributed by atoms with Crippen LogP contribution in [0.25, 0.3) is 0 Å². The van der Waals surface area contributed by atoms with Gasteiger partial charge in [-0.05, 0) is 30.5 Å². The summed E-state index contributed by atoms with van der Waals surface area (Å²) in [6.07, 6.45) is 0.961. The molecule has 2 atom stereocenters. The van der Waals surface area contributed by atoms with Gasteiger partial charge in [-0.25, -0.2) is 0 Å². The van der Waals surface area contributed by atoms with Crippen molar-refractivity contribution in [3.63, 3.8) is 0 Å². The summed E-state index contributed by atoms with van der Waals surface area (Å²) in [7, 11) is 0. The van der Waals surface area contributed by atoms with Crippen molar-refractivity contribution >= 4 is 33.4 Å². The topological polar surface area (TPSA) is 40.5 Å². The lowest BCUT2D eigenvalue weighted by atomic mass is 9.98. The minimum Gasteiger partial charge on any atom is -0.507 e. The molecule has 2 rings (SSSR count). The lowest BCUT2D eigenvalue weighted by molar-refractivity contribution is 0.0703. The zero-order valence-corrected chi connectivity index (χ0v) is 12.4. The fourth-order valence-electron chi connectivity index (χ4n) is 2.06. The molecule has 1 aliphatic heterocycles. The molecule has 0 bridgehead atoms. The number of nitrogens with zero attached hydrogens (tertiary/aromatic N) is 1. The summed E-state index contributed by atoms with van der Waals surface area (Å²) in [6.45, 7) is 3.54. The number of halogens is 2. The van der Waals surface area contributed by atoms with Gasteiger partial charge in [0.1, 0.15) is 5.75 Å². The molecular weight excluding hydrogens is 318 g/mol. The summed E-state index contributed by atoms with van der Waals surface area (Å²) in [5, 5.41) is 10.2. The van der Waals surface area contributed by atoms with Crippen LogP contribution in [0.1, 0.15) is 23.7 Å². The molecule has 0 spiro atoms. The number of alkyl halides is 1. The number of carbonyl (C=O) groups is 1. The van der Waals surface area contributed by atoms with Crippen molar-refractivity contribution in [3.8, 4) is 5.75 Å². The molecule has 0 aromatic heterocycles. The van der Waals surface area contributed by atoms with Crippen LogP contribution in [0.5, 0.6) is 5.75 Å². The smallest absolute Gasteiger partial charge is 0.257 e. The molecular formula is C13H15BrClNO2.